The van der Waals surface area contributed by atoms with Crippen LogP contribution in [0.15, 0.2) is 24.3 Å². The Morgan fingerprint density at radius 3 is 2.80 bits per heavy atom. The van der Waals surface area contributed by atoms with Gasteiger partial charge in [0.2, 0.25) is 11.8 Å². The number of benzene rings is 1. The number of rotatable bonds is 5. The number of nitrogens with two attached hydrogens (primary N) is 1. The van der Waals surface area contributed by atoms with Crippen LogP contribution >= 0.6 is 0 Å². The van der Waals surface area contributed by atoms with Crippen molar-refractivity contribution in [3.8, 4) is 0 Å². The van der Waals surface area contributed by atoms with Crippen LogP contribution in [0.3, 0.4) is 0 Å². The largest absolute Gasteiger partial charge is 0.381 e. The molecular weight excluding hydrogens is 256 g/mol. The fourth-order valence-electron chi connectivity index (χ4n) is 2.31. The van der Waals surface area contributed by atoms with Gasteiger partial charge in [-0.1, -0.05) is 24.3 Å². The normalized spacial score (nSPS) is 19.6. The van der Waals surface area contributed by atoms with Gasteiger partial charge in [0.15, 0.2) is 0 Å². The zero-order valence-corrected chi connectivity index (χ0v) is 11.6. The van der Waals surface area contributed by atoms with Crippen molar-refractivity contribution in [3.05, 3.63) is 35.4 Å². The Kier molecular flexibility index (Phi) is 4.74. The second kappa shape index (κ2) is 6.52. The standard InChI is InChI=1S/C15H20N2O3/c1-10-4-2-3-5-11(10)8-13(14(16)18)17-15(19)12-6-7-20-9-12/h2-5,12-13H,6-9H2,1H3,(H2,16,18)(H,17,19)/t12-,13+/m0/s1. The number of carbonyl (C=O) groups excluding carboxylic acids is 2. The van der Waals surface area contributed by atoms with E-state index < -0.39 is 11.9 Å². The average molecular weight is 276 g/mol. The predicted molar refractivity (Wildman–Crippen MR) is 74.9 cm³/mol. The van der Waals surface area contributed by atoms with E-state index in [1.165, 1.54) is 0 Å². The molecule has 3 N–H and O–H groups in total. The number of ether oxygens (including phenoxy) is 1. The predicted octanol–water partition coefficient (Wildman–Crippen LogP) is 0.544. The zero-order chi connectivity index (χ0) is 14.5. The molecule has 108 valence electrons. The summed E-state index contributed by atoms with van der Waals surface area (Å²) in [5.41, 5.74) is 7.49. The first-order chi connectivity index (χ1) is 9.58. The summed E-state index contributed by atoms with van der Waals surface area (Å²) in [6.45, 7) is 2.98. The molecule has 1 aliphatic rings. The van der Waals surface area contributed by atoms with E-state index in [0.717, 1.165) is 11.1 Å². The van der Waals surface area contributed by atoms with Gasteiger partial charge in [0, 0.05) is 13.0 Å². The third-order valence-electron chi connectivity index (χ3n) is 3.65. The number of hydrogen-bond donors (Lipinski definition) is 2. The third kappa shape index (κ3) is 3.57. The molecule has 0 aromatic heterocycles. The molecule has 20 heavy (non-hydrogen) atoms. The first-order valence-corrected chi connectivity index (χ1v) is 6.80. The van der Waals surface area contributed by atoms with Crippen LogP contribution < -0.4 is 11.1 Å². The zero-order valence-electron chi connectivity index (χ0n) is 11.6. The molecule has 1 aromatic carbocycles. The van der Waals surface area contributed by atoms with Crippen LogP contribution in [-0.4, -0.2) is 31.1 Å². The molecule has 0 radical (unpaired) electrons. The highest BCUT2D eigenvalue weighted by molar-refractivity contribution is 5.88. The second-order valence-corrected chi connectivity index (χ2v) is 5.15. The molecule has 2 rings (SSSR count). The topological polar surface area (TPSA) is 81.4 Å². The summed E-state index contributed by atoms with van der Waals surface area (Å²) in [5, 5.41) is 2.74. The molecule has 1 saturated heterocycles. The quantitative estimate of drug-likeness (QED) is 0.823. The molecule has 1 aromatic rings. The molecular formula is C15H20N2O3. The van der Waals surface area contributed by atoms with Gasteiger partial charge in [0.25, 0.3) is 0 Å². The molecule has 2 atom stereocenters. The van der Waals surface area contributed by atoms with Crippen LogP contribution in [0.4, 0.5) is 0 Å². The van der Waals surface area contributed by atoms with Gasteiger partial charge in [0.05, 0.1) is 12.5 Å². The third-order valence-corrected chi connectivity index (χ3v) is 3.65. The molecule has 0 saturated carbocycles. The van der Waals surface area contributed by atoms with Crippen molar-refractivity contribution >= 4 is 11.8 Å². The van der Waals surface area contributed by atoms with Crippen LogP contribution in [0.2, 0.25) is 0 Å². The molecule has 1 aliphatic heterocycles. The molecule has 0 unspecified atom stereocenters. The van der Waals surface area contributed by atoms with E-state index in [1.54, 1.807) is 0 Å². The Morgan fingerprint density at radius 1 is 1.45 bits per heavy atom. The van der Waals surface area contributed by atoms with E-state index in [9.17, 15) is 9.59 Å². The van der Waals surface area contributed by atoms with E-state index in [0.29, 0.717) is 26.1 Å². The average Bonchev–Trinajstić information content (AvgIpc) is 2.94. The van der Waals surface area contributed by atoms with Crippen molar-refractivity contribution in [2.45, 2.75) is 25.8 Å². The van der Waals surface area contributed by atoms with Gasteiger partial charge in [-0.25, -0.2) is 0 Å². The van der Waals surface area contributed by atoms with Crippen molar-refractivity contribution in [2.24, 2.45) is 11.7 Å². The molecule has 5 nitrogen and oxygen atoms in total. The minimum atomic E-state index is -0.677. The molecule has 2 amide bonds. The Balaban J connectivity index is 2.02. The molecule has 0 spiro atoms. The summed E-state index contributed by atoms with van der Waals surface area (Å²) >= 11 is 0. The molecule has 0 aliphatic carbocycles. The Labute approximate surface area is 118 Å². The van der Waals surface area contributed by atoms with Gasteiger partial charge in [0.1, 0.15) is 6.04 Å². The molecule has 0 bridgehead atoms. The maximum Gasteiger partial charge on any atom is 0.240 e. The number of carbonyl (C=O) groups is 2. The lowest BCUT2D eigenvalue weighted by Crippen LogP contribution is -2.48. The smallest absolute Gasteiger partial charge is 0.240 e. The van der Waals surface area contributed by atoms with Gasteiger partial charge in [-0.3, -0.25) is 9.59 Å². The van der Waals surface area contributed by atoms with Gasteiger partial charge in [-0.15, -0.1) is 0 Å². The van der Waals surface area contributed by atoms with E-state index in [-0.39, 0.29) is 11.8 Å². The number of nitrogens with one attached hydrogen (secondary N) is 1. The van der Waals surface area contributed by atoms with Gasteiger partial charge < -0.3 is 15.8 Å². The summed E-state index contributed by atoms with van der Waals surface area (Å²) < 4.78 is 5.18. The van der Waals surface area contributed by atoms with Crippen LogP contribution in [-0.2, 0) is 20.7 Å². The maximum absolute atomic E-state index is 12.0. The maximum atomic E-state index is 12.0. The summed E-state index contributed by atoms with van der Waals surface area (Å²) in [7, 11) is 0. The van der Waals surface area contributed by atoms with Crippen molar-refractivity contribution in [2.75, 3.05) is 13.2 Å². The molecule has 1 fully saturated rings. The minimum Gasteiger partial charge on any atom is -0.381 e. The summed E-state index contributed by atoms with van der Waals surface area (Å²) in [6, 6.07) is 7.08. The number of hydrogen-bond acceptors (Lipinski definition) is 3. The van der Waals surface area contributed by atoms with Gasteiger partial charge in [-0.2, -0.15) is 0 Å². The first kappa shape index (κ1) is 14.5. The van der Waals surface area contributed by atoms with Crippen molar-refractivity contribution in [1.29, 1.82) is 0 Å². The highest BCUT2D eigenvalue weighted by Crippen LogP contribution is 2.14. The summed E-state index contributed by atoms with van der Waals surface area (Å²) in [4.78, 5) is 23.6. The minimum absolute atomic E-state index is 0.153. The van der Waals surface area contributed by atoms with Crippen molar-refractivity contribution in [3.63, 3.8) is 0 Å². The SMILES string of the molecule is Cc1ccccc1C[C@@H](NC(=O)[C@H]1CCOC1)C(N)=O. The van der Waals surface area contributed by atoms with Gasteiger partial charge >= 0.3 is 0 Å². The van der Waals surface area contributed by atoms with Crippen LogP contribution in [0.25, 0.3) is 0 Å². The fourth-order valence-corrected chi connectivity index (χ4v) is 2.31. The number of primary amides is 1. The summed E-state index contributed by atoms with van der Waals surface area (Å²) in [5.74, 6) is -0.839. The molecule has 1 heterocycles. The van der Waals surface area contributed by atoms with E-state index in [4.69, 9.17) is 10.5 Å². The number of aryl methyl sites for hydroxylation is 1. The fraction of sp³-hybridized carbons (Fsp3) is 0.467. The van der Waals surface area contributed by atoms with Crippen molar-refractivity contribution < 1.29 is 14.3 Å². The first-order valence-electron chi connectivity index (χ1n) is 6.80. The highest BCUT2D eigenvalue weighted by atomic mass is 16.5. The van der Waals surface area contributed by atoms with Crippen LogP contribution in [0, 0.1) is 12.8 Å². The second-order valence-electron chi connectivity index (χ2n) is 5.15. The van der Waals surface area contributed by atoms with Crippen molar-refractivity contribution in [1.82, 2.24) is 5.32 Å². The van der Waals surface area contributed by atoms with E-state index in [2.05, 4.69) is 5.32 Å². The van der Waals surface area contributed by atoms with Gasteiger partial charge in [-0.05, 0) is 24.5 Å². The number of amides is 2. The lowest BCUT2D eigenvalue weighted by molar-refractivity contribution is -0.129. The van der Waals surface area contributed by atoms with Crippen LogP contribution in [0.1, 0.15) is 17.5 Å². The summed E-state index contributed by atoms with van der Waals surface area (Å²) in [6.07, 6.45) is 1.11. The Morgan fingerprint density at radius 2 is 2.20 bits per heavy atom. The van der Waals surface area contributed by atoms with E-state index >= 15 is 0 Å². The Bertz CT molecular complexity index is 496. The monoisotopic (exact) mass is 276 g/mol. The molecule has 5 heteroatoms. The lowest BCUT2D eigenvalue weighted by Gasteiger charge is -2.18. The van der Waals surface area contributed by atoms with E-state index in [1.807, 2.05) is 31.2 Å². The lowest BCUT2D eigenvalue weighted by atomic mass is 10.00. The highest BCUT2D eigenvalue weighted by Gasteiger charge is 2.27. The Hall–Kier alpha value is -1.88. The van der Waals surface area contributed by atoms with Crippen LogP contribution in [0.5, 0.6) is 0 Å².